The minimum Gasteiger partial charge on any atom is -0.457 e. The van der Waals surface area contributed by atoms with Crippen LogP contribution < -0.4 is 5.32 Å². The Balaban J connectivity index is 2.07. The van der Waals surface area contributed by atoms with Crippen molar-refractivity contribution in [3.8, 4) is 0 Å². The van der Waals surface area contributed by atoms with Crippen LogP contribution in [0.25, 0.3) is 0 Å². The van der Waals surface area contributed by atoms with Crippen LogP contribution in [0.1, 0.15) is 36.2 Å². The summed E-state index contributed by atoms with van der Waals surface area (Å²) in [5.74, 6) is -1.64. The number of hydrogen-bond acceptors (Lipinski definition) is 4. The van der Waals surface area contributed by atoms with Gasteiger partial charge in [0, 0.05) is 17.7 Å². The largest absolute Gasteiger partial charge is 0.457 e. The van der Waals surface area contributed by atoms with Crippen LogP contribution in [0.5, 0.6) is 0 Å². The SMILES string of the molecule is C=CC(C)(C)CC(=O)C(=O)Nc1ccc2c(c1)C(=O)OC2. The molecule has 1 aliphatic heterocycles. The smallest absolute Gasteiger partial charge is 0.338 e. The normalized spacial score (nSPS) is 13.3. The summed E-state index contributed by atoms with van der Waals surface area (Å²) in [6, 6.07) is 4.87. The van der Waals surface area contributed by atoms with Crippen LogP contribution in [0, 0.1) is 5.41 Å². The fraction of sp³-hybridized carbons (Fsp3) is 0.312. The van der Waals surface area contributed by atoms with Crippen LogP contribution in [0.4, 0.5) is 5.69 Å². The first-order valence-electron chi connectivity index (χ1n) is 6.60. The Morgan fingerprint density at radius 3 is 2.81 bits per heavy atom. The molecule has 21 heavy (non-hydrogen) atoms. The van der Waals surface area contributed by atoms with Gasteiger partial charge in [-0.25, -0.2) is 4.79 Å². The maximum absolute atomic E-state index is 11.9. The number of cyclic esters (lactones) is 1. The predicted octanol–water partition coefficient (Wildman–Crippen LogP) is 2.47. The summed E-state index contributed by atoms with van der Waals surface area (Å²) in [4.78, 5) is 35.2. The molecule has 1 heterocycles. The second kappa shape index (κ2) is 5.52. The summed E-state index contributed by atoms with van der Waals surface area (Å²) in [6.45, 7) is 7.55. The topological polar surface area (TPSA) is 72.5 Å². The fourth-order valence-corrected chi connectivity index (χ4v) is 1.96. The van der Waals surface area contributed by atoms with Crippen LogP contribution in [0.3, 0.4) is 0 Å². The van der Waals surface area contributed by atoms with Gasteiger partial charge < -0.3 is 10.1 Å². The zero-order valence-electron chi connectivity index (χ0n) is 12.1. The van der Waals surface area contributed by atoms with Gasteiger partial charge in [-0.2, -0.15) is 0 Å². The molecule has 0 aliphatic carbocycles. The van der Waals surface area contributed by atoms with E-state index in [-0.39, 0.29) is 13.0 Å². The molecule has 0 aromatic heterocycles. The molecular weight excluding hydrogens is 270 g/mol. The third kappa shape index (κ3) is 3.37. The van der Waals surface area contributed by atoms with Crippen LogP contribution >= 0.6 is 0 Å². The summed E-state index contributed by atoms with van der Waals surface area (Å²) >= 11 is 0. The molecule has 0 spiro atoms. The molecule has 1 aromatic rings. The molecule has 110 valence electrons. The van der Waals surface area contributed by atoms with Gasteiger partial charge >= 0.3 is 5.97 Å². The maximum atomic E-state index is 11.9. The van der Waals surface area contributed by atoms with E-state index < -0.39 is 23.1 Å². The van der Waals surface area contributed by atoms with Gasteiger partial charge in [0.2, 0.25) is 5.78 Å². The van der Waals surface area contributed by atoms with E-state index in [1.165, 1.54) is 6.07 Å². The van der Waals surface area contributed by atoms with Gasteiger partial charge in [-0.3, -0.25) is 9.59 Å². The molecule has 0 saturated heterocycles. The monoisotopic (exact) mass is 287 g/mol. The van der Waals surface area contributed by atoms with Crippen molar-refractivity contribution in [3.63, 3.8) is 0 Å². The number of esters is 1. The lowest BCUT2D eigenvalue weighted by Crippen LogP contribution is -2.27. The van der Waals surface area contributed by atoms with E-state index in [4.69, 9.17) is 4.74 Å². The van der Waals surface area contributed by atoms with Crippen LogP contribution in [0.2, 0.25) is 0 Å². The molecule has 2 rings (SSSR count). The highest BCUT2D eigenvalue weighted by Gasteiger charge is 2.25. The molecule has 0 radical (unpaired) electrons. The van der Waals surface area contributed by atoms with E-state index in [0.717, 1.165) is 5.56 Å². The average molecular weight is 287 g/mol. The lowest BCUT2D eigenvalue weighted by Gasteiger charge is -2.17. The van der Waals surface area contributed by atoms with Crippen molar-refractivity contribution < 1.29 is 19.1 Å². The summed E-state index contributed by atoms with van der Waals surface area (Å²) in [5.41, 5.74) is 1.17. The molecule has 0 unspecified atom stereocenters. The molecule has 1 aromatic carbocycles. The van der Waals surface area contributed by atoms with Gasteiger partial charge in [0.1, 0.15) is 6.61 Å². The van der Waals surface area contributed by atoms with Crippen molar-refractivity contribution in [2.24, 2.45) is 5.41 Å². The second-order valence-corrected chi connectivity index (χ2v) is 5.69. The van der Waals surface area contributed by atoms with Crippen molar-refractivity contribution in [2.45, 2.75) is 26.9 Å². The van der Waals surface area contributed by atoms with Crippen LogP contribution in [-0.4, -0.2) is 17.7 Å². The quantitative estimate of drug-likeness (QED) is 0.513. The van der Waals surface area contributed by atoms with E-state index in [2.05, 4.69) is 11.9 Å². The van der Waals surface area contributed by atoms with Gasteiger partial charge in [-0.1, -0.05) is 26.0 Å². The average Bonchev–Trinajstić information content (AvgIpc) is 2.80. The molecule has 1 amide bonds. The first-order chi connectivity index (χ1) is 9.82. The number of rotatable bonds is 5. The van der Waals surface area contributed by atoms with Crippen LogP contribution in [-0.2, 0) is 20.9 Å². The fourth-order valence-electron chi connectivity index (χ4n) is 1.96. The van der Waals surface area contributed by atoms with Gasteiger partial charge in [0.05, 0.1) is 5.56 Å². The minimum atomic E-state index is -0.698. The number of nitrogens with one attached hydrogen (secondary N) is 1. The number of benzene rings is 1. The Kier molecular flexibility index (Phi) is 3.93. The van der Waals surface area contributed by atoms with Crippen molar-refractivity contribution >= 4 is 23.3 Å². The van der Waals surface area contributed by atoms with Gasteiger partial charge in [0.25, 0.3) is 5.91 Å². The number of ether oxygens (including phenoxy) is 1. The minimum absolute atomic E-state index is 0.0787. The van der Waals surface area contributed by atoms with Crippen molar-refractivity contribution in [1.82, 2.24) is 0 Å². The maximum Gasteiger partial charge on any atom is 0.338 e. The lowest BCUT2D eigenvalue weighted by molar-refractivity contribution is -0.135. The second-order valence-electron chi connectivity index (χ2n) is 5.69. The third-order valence-corrected chi connectivity index (χ3v) is 3.37. The molecule has 0 bridgehead atoms. The number of carbonyl (C=O) groups excluding carboxylic acids is 3. The number of ketones is 1. The summed E-state index contributed by atoms with van der Waals surface area (Å²) in [6.07, 6.45) is 1.72. The third-order valence-electron chi connectivity index (χ3n) is 3.37. The Morgan fingerprint density at radius 1 is 1.43 bits per heavy atom. The zero-order chi connectivity index (χ0) is 15.6. The predicted molar refractivity (Wildman–Crippen MR) is 77.8 cm³/mol. The highest BCUT2D eigenvalue weighted by Crippen LogP contribution is 2.24. The van der Waals surface area contributed by atoms with E-state index in [0.29, 0.717) is 11.3 Å². The van der Waals surface area contributed by atoms with Crippen molar-refractivity contribution in [1.29, 1.82) is 0 Å². The van der Waals surface area contributed by atoms with Gasteiger partial charge in [0.15, 0.2) is 0 Å². The first kappa shape index (κ1) is 15.0. The molecular formula is C16H17NO4. The number of carbonyl (C=O) groups is 3. The van der Waals surface area contributed by atoms with E-state index in [9.17, 15) is 14.4 Å². The van der Waals surface area contributed by atoms with Crippen LogP contribution in [0.15, 0.2) is 30.9 Å². The summed E-state index contributed by atoms with van der Waals surface area (Å²) in [7, 11) is 0. The molecule has 0 saturated carbocycles. The van der Waals surface area contributed by atoms with Gasteiger partial charge in [-0.15, -0.1) is 6.58 Å². The summed E-state index contributed by atoms with van der Waals surface area (Å²) < 4.78 is 4.88. The Bertz CT molecular complexity index is 631. The molecule has 1 N–H and O–H groups in total. The summed E-state index contributed by atoms with van der Waals surface area (Å²) in [5, 5.41) is 2.51. The van der Waals surface area contributed by atoms with Gasteiger partial charge in [-0.05, 0) is 17.5 Å². The molecule has 5 nitrogen and oxygen atoms in total. The highest BCUT2D eigenvalue weighted by molar-refractivity contribution is 6.40. The van der Waals surface area contributed by atoms with Crippen molar-refractivity contribution in [3.05, 3.63) is 42.0 Å². The van der Waals surface area contributed by atoms with E-state index in [1.54, 1.807) is 18.2 Å². The number of fused-ring (bicyclic) bond motifs is 1. The molecule has 0 fully saturated rings. The molecule has 5 heteroatoms. The van der Waals surface area contributed by atoms with E-state index in [1.807, 2.05) is 13.8 Å². The standard InChI is InChI=1S/C16H17NO4/c1-4-16(2,3)8-13(18)14(19)17-11-6-5-10-9-21-15(20)12(10)7-11/h4-7H,1,8-9H2,2-3H3,(H,17,19). The number of amides is 1. The Hall–Kier alpha value is -2.43. The lowest BCUT2D eigenvalue weighted by atomic mass is 9.87. The Labute approximate surface area is 123 Å². The number of allylic oxidation sites excluding steroid dienone is 1. The number of Topliss-reactive ketones (excluding diaryl/α,β-unsaturated/α-hetero) is 1. The number of hydrogen-bond donors (Lipinski definition) is 1. The molecule has 1 aliphatic rings. The first-order valence-corrected chi connectivity index (χ1v) is 6.60. The Morgan fingerprint density at radius 2 is 2.14 bits per heavy atom. The number of anilines is 1. The zero-order valence-corrected chi connectivity index (χ0v) is 12.1. The highest BCUT2D eigenvalue weighted by atomic mass is 16.5. The van der Waals surface area contributed by atoms with E-state index >= 15 is 0 Å². The molecule has 0 atom stereocenters. The van der Waals surface area contributed by atoms with Crippen molar-refractivity contribution in [2.75, 3.05) is 5.32 Å².